The molecule has 5 atom stereocenters. The summed E-state index contributed by atoms with van der Waals surface area (Å²) in [6.45, 7) is 3.22. The molecule has 1 saturated heterocycles. The average Bonchev–Trinajstić information content (AvgIpc) is 3.69. The van der Waals surface area contributed by atoms with E-state index in [1.165, 1.54) is 47.2 Å². The number of rotatable bonds is 5. The fraction of sp³-hybridized carbons (Fsp3) is 0.342. The van der Waals surface area contributed by atoms with E-state index in [-0.39, 0.29) is 11.9 Å². The zero-order valence-corrected chi connectivity index (χ0v) is 24.1. The zero-order chi connectivity index (χ0) is 28.0. The number of fused-ring (bicyclic) bond motifs is 7. The topological polar surface area (TPSA) is 35.6 Å². The van der Waals surface area contributed by atoms with Crippen molar-refractivity contribution in [3.8, 4) is 0 Å². The molecule has 4 aromatic rings. The van der Waals surface area contributed by atoms with E-state index in [2.05, 4.69) is 124 Å². The summed E-state index contributed by atoms with van der Waals surface area (Å²) >= 11 is 0. The molecule has 0 aromatic heterocycles. The first-order valence-corrected chi connectivity index (χ1v) is 15.8. The maximum Gasteiger partial charge on any atom is 0.253 e. The molecule has 8 rings (SSSR count). The molecule has 0 radical (unpaired) electrons. The van der Waals surface area contributed by atoms with E-state index >= 15 is 0 Å². The molecular weight excluding hydrogens is 514 g/mol. The Kier molecular flexibility index (Phi) is 6.60. The molecule has 0 spiro atoms. The molecule has 4 heteroatoms. The first kappa shape index (κ1) is 25.8. The number of nitrogens with one attached hydrogen (secondary N) is 1. The highest BCUT2D eigenvalue weighted by molar-refractivity contribution is 5.95. The Morgan fingerprint density at radius 3 is 2.00 bits per heavy atom. The number of nitrogens with zero attached hydrogens (tertiary/aromatic N) is 2. The summed E-state index contributed by atoms with van der Waals surface area (Å²) in [5.74, 6) is 2.86. The molecule has 3 fully saturated rings. The second kappa shape index (κ2) is 10.7. The normalized spacial score (nSPS) is 26.5. The minimum absolute atomic E-state index is 0.179. The Bertz CT molecular complexity index is 1510. The van der Waals surface area contributed by atoms with Crippen LogP contribution in [0.25, 0.3) is 0 Å². The van der Waals surface area contributed by atoms with Crippen molar-refractivity contribution < 1.29 is 4.79 Å². The van der Waals surface area contributed by atoms with Crippen LogP contribution in [0.5, 0.6) is 0 Å². The summed E-state index contributed by atoms with van der Waals surface area (Å²) in [6.07, 6.45) is 4.02. The lowest BCUT2D eigenvalue weighted by Crippen LogP contribution is -2.49. The fourth-order valence-corrected chi connectivity index (χ4v) is 8.86. The Morgan fingerprint density at radius 1 is 0.714 bits per heavy atom. The molecule has 1 N–H and O–H groups in total. The number of hydrogen-bond acceptors (Lipinski definition) is 3. The van der Waals surface area contributed by atoms with Crippen molar-refractivity contribution in [1.82, 2.24) is 9.80 Å². The van der Waals surface area contributed by atoms with Crippen LogP contribution in [0.2, 0.25) is 0 Å². The molecule has 2 bridgehead atoms. The summed E-state index contributed by atoms with van der Waals surface area (Å²) in [5, 5.41) is 3.93. The van der Waals surface area contributed by atoms with E-state index < -0.39 is 0 Å². The van der Waals surface area contributed by atoms with Crippen molar-refractivity contribution in [2.45, 2.75) is 37.3 Å². The summed E-state index contributed by atoms with van der Waals surface area (Å²) in [4.78, 5) is 18.5. The fourth-order valence-electron chi connectivity index (χ4n) is 8.86. The van der Waals surface area contributed by atoms with Crippen LogP contribution in [0, 0.1) is 17.8 Å². The van der Waals surface area contributed by atoms with Gasteiger partial charge in [-0.25, -0.2) is 0 Å². The number of amides is 1. The predicted molar refractivity (Wildman–Crippen MR) is 169 cm³/mol. The quantitative estimate of drug-likeness (QED) is 0.277. The third-order valence-corrected chi connectivity index (χ3v) is 10.7. The van der Waals surface area contributed by atoms with Crippen LogP contribution in [-0.4, -0.2) is 41.9 Å². The van der Waals surface area contributed by atoms with Gasteiger partial charge in [0.05, 0.1) is 12.1 Å². The Balaban J connectivity index is 1.03. The Labute approximate surface area is 249 Å². The Hall–Kier alpha value is -3.89. The molecule has 4 aromatic carbocycles. The molecule has 42 heavy (non-hydrogen) atoms. The van der Waals surface area contributed by atoms with E-state index in [0.717, 1.165) is 43.6 Å². The standard InChI is InChI=1S/C38H39N3O/c42-38(41-22-20-40(21-23-41)37(27-12-6-2-7-13-27)28-14-8-3-9-15-28)31-18-19-33-32(25-31)34-29-16-17-30(24-29)35(34)36(39-33)26-10-4-1-5-11-26/h1-15,18-19,25,29-30,34-37,39H,16-17,20-24H2/t29-,30-,34-,35+,36+/m0/s1. The third-order valence-electron chi connectivity index (χ3n) is 10.7. The van der Waals surface area contributed by atoms with Crippen LogP contribution >= 0.6 is 0 Å². The molecule has 4 nitrogen and oxygen atoms in total. The smallest absolute Gasteiger partial charge is 0.253 e. The van der Waals surface area contributed by atoms with Gasteiger partial charge in [-0.3, -0.25) is 9.69 Å². The molecular formula is C38H39N3O. The summed E-state index contributed by atoms with van der Waals surface area (Å²) in [6, 6.07) is 39.6. The predicted octanol–water partition coefficient (Wildman–Crippen LogP) is 7.53. The second-order valence-corrected chi connectivity index (χ2v) is 12.8. The van der Waals surface area contributed by atoms with E-state index in [1.54, 1.807) is 0 Å². The van der Waals surface area contributed by atoms with E-state index in [0.29, 0.717) is 17.9 Å². The molecule has 212 valence electrons. The number of benzene rings is 4. The van der Waals surface area contributed by atoms with Gasteiger partial charge in [-0.2, -0.15) is 0 Å². The monoisotopic (exact) mass is 553 g/mol. The van der Waals surface area contributed by atoms with Crippen LogP contribution < -0.4 is 5.32 Å². The average molecular weight is 554 g/mol. The minimum atomic E-state index is 0.179. The van der Waals surface area contributed by atoms with E-state index in [4.69, 9.17) is 0 Å². The van der Waals surface area contributed by atoms with Gasteiger partial charge >= 0.3 is 0 Å². The lowest BCUT2D eigenvalue weighted by atomic mass is 9.68. The molecule has 2 saturated carbocycles. The van der Waals surface area contributed by atoms with Gasteiger partial charge in [0, 0.05) is 37.4 Å². The Morgan fingerprint density at radius 2 is 1.33 bits per heavy atom. The van der Waals surface area contributed by atoms with E-state index in [9.17, 15) is 4.79 Å². The van der Waals surface area contributed by atoms with Crippen molar-refractivity contribution in [3.63, 3.8) is 0 Å². The van der Waals surface area contributed by atoms with E-state index in [1.807, 2.05) is 0 Å². The highest BCUT2D eigenvalue weighted by atomic mass is 16.2. The van der Waals surface area contributed by atoms with Crippen molar-refractivity contribution >= 4 is 11.6 Å². The number of hydrogen-bond donors (Lipinski definition) is 1. The molecule has 1 amide bonds. The molecule has 2 aliphatic heterocycles. The minimum Gasteiger partial charge on any atom is -0.378 e. The first-order valence-electron chi connectivity index (χ1n) is 15.8. The summed E-state index contributed by atoms with van der Waals surface area (Å²) < 4.78 is 0. The van der Waals surface area contributed by atoms with Crippen LogP contribution in [0.15, 0.2) is 109 Å². The van der Waals surface area contributed by atoms with Gasteiger partial charge in [-0.05, 0) is 83.4 Å². The van der Waals surface area contributed by atoms with Crippen molar-refractivity contribution in [3.05, 3.63) is 137 Å². The van der Waals surface area contributed by atoms with Crippen molar-refractivity contribution in [2.75, 3.05) is 31.5 Å². The molecule has 2 aliphatic carbocycles. The zero-order valence-electron chi connectivity index (χ0n) is 24.1. The SMILES string of the molecule is O=C(c1ccc2c(c1)[C@@H]1[C@H]3CC[C@@H](C3)[C@H]1[C@@H](c1ccccc1)N2)N1CCN(C(c2ccccc2)c2ccccc2)CC1. The maximum absolute atomic E-state index is 13.9. The highest BCUT2D eigenvalue weighted by Gasteiger charge is 2.53. The third kappa shape index (κ3) is 4.44. The van der Waals surface area contributed by atoms with Gasteiger partial charge in [0.15, 0.2) is 0 Å². The second-order valence-electron chi connectivity index (χ2n) is 12.8. The number of carbonyl (C=O) groups excluding carboxylic acids is 1. The lowest BCUT2D eigenvalue weighted by Gasteiger charge is -2.44. The van der Waals surface area contributed by atoms with Gasteiger partial charge in [-0.15, -0.1) is 0 Å². The summed E-state index contributed by atoms with van der Waals surface area (Å²) in [5.41, 5.74) is 7.48. The van der Waals surface area contributed by atoms with Crippen LogP contribution in [0.3, 0.4) is 0 Å². The number of piperazine rings is 1. The van der Waals surface area contributed by atoms with Gasteiger partial charge in [0.25, 0.3) is 5.91 Å². The van der Waals surface area contributed by atoms with Crippen LogP contribution in [0.4, 0.5) is 5.69 Å². The van der Waals surface area contributed by atoms with Gasteiger partial charge in [0.1, 0.15) is 0 Å². The molecule has 4 aliphatic rings. The van der Waals surface area contributed by atoms with Crippen molar-refractivity contribution in [1.29, 1.82) is 0 Å². The molecule has 2 heterocycles. The largest absolute Gasteiger partial charge is 0.378 e. The van der Waals surface area contributed by atoms with Crippen LogP contribution in [0.1, 0.15) is 69.9 Å². The van der Waals surface area contributed by atoms with Gasteiger partial charge in [0.2, 0.25) is 0 Å². The van der Waals surface area contributed by atoms with Crippen LogP contribution in [-0.2, 0) is 0 Å². The number of carbonyl (C=O) groups is 1. The maximum atomic E-state index is 13.9. The summed E-state index contributed by atoms with van der Waals surface area (Å²) in [7, 11) is 0. The molecule has 0 unspecified atom stereocenters. The van der Waals surface area contributed by atoms with Gasteiger partial charge in [-0.1, -0.05) is 91.0 Å². The highest BCUT2D eigenvalue weighted by Crippen LogP contribution is 2.63. The van der Waals surface area contributed by atoms with Gasteiger partial charge < -0.3 is 10.2 Å². The lowest BCUT2D eigenvalue weighted by molar-refractivity contribution is 0.0597. The first-order chi connectivity index (χ1) is 20.7. The van der Waals surface area contributed by atoms with Crippen molar-refractivity contribution in [2.24, 2.45) is 17.8 Å². The number of anilines is 1.